The Hall–Kier alpha value is -4.19. The van der Waals surface area contributed by atoms with E-state index in [1.165, 1.54) is 12.1 Å². The van der Waals surface area contributed by atoms with E-state index in [0.29, 0.717) is 35.0 Å². The molecule has 3 N–H and O–H groups in total. The van der Waals surface area contributed by atoms with Gasteiger partial charge in [0.25, 0.3) is 10.0 Å². The minimum atomic E-state index is -4.65. The van der Waals surface area contributed by atoms with Crippen LogP contribution in [-0.2, 0) is 16.2 Å². The maximum absolute atomic E-state index is 12.9. The van der Waals surface area contributed by atoms with Crippen molar-refractivity contribution in [3.05, 3.63) is 89.9 Å². The Labute approximate surface area is 205 Å². The lowest BCUT2D eigenvalue weighted by atomic mass is 10.2. The van der Waals surface area contributed by atoms with E-state index >= 15 is 0 Å². The Morgan fingerprint density at radius 1 is 0.778 bits per heavy atom. The van der Waals surface area contributed by atoms with Gasteiger partial charge < -0.3 is 10.6 Å². The van der Waals surface area contributed by atoms with Crippen molar-refractivity contribution in [2.24, 2.45) is 0 Å². The van der Waals surface area contributed by atoms with Crippen LogP contribution in [0.25, 0.3) is 0 Å². The number of nitrogens with zero attached hydrogens (tertiary/aromatic N) is 3. The average molecular weight is 515 g/mol. The van der Waals surface area contributed by atoms with Crippen molar-refractivity contribution in [3.8, 4) is 0 Å². The Bertz CT molecular complexity index is 1490. The predicted octanol–water partition coefficient (Wildman–Crippen LogP) is 5.80. The van der Waals surface area contributed by atoms with Crippen LogP contribution in [0, 0.1) is 13.8 Å². The van der Waals surface area contributed by atoms with E-state index in [1.54, 1.807) is 31.3 Å². The van der Waals surface area contributed by atoms with Crippen LogP contribution in [0.5, 0.6) is 0 Å². The Balaban J connectivity index is 1.47. The molecule has 2 heterocycles. The van der Waals surface area contributed by atoms with Crippen molar-refractivity contribution in [1.29, 1.82) is 0 Å². The van der Waals surface area contributed by atoms with Gasteiger partial charge in [-0.25, -0.2) is 23.4 Å². The normalized spacial score (nSPS) is 11.7. The first-order chi connectivity index (χ1) is 17.0. The average Bonchev–Trinajstić information content (AvgIpc) is 2.79. The third kappa shape index (κ3) is 6.27. The topological polar surface area (TPSA) is 109 Å². The summed E-state index contributed by atoms with van der Waals surface area (Å²) in [4.78, 5) is 12.5. The van der Waals surface area contributed by atoms with E-state index in [1.807, 2.05) is 19.1 Å². The van der Waals surface area contributed by atoms with Crippen LogP contribution in [0.1, 0.15) is 17.0 Å². The minimum Gasteiger partial charge on any atom is -0.340 e. The van der Waals surface area contributed by atoms with E-state index in [0.717, 1.165) is 23.8 Å². The van der Waals surface area contributed by atoms with Crippen LogP contribution in [0.4, 0.5) is 42.0 Å². The molecule has 0 radical (unpaired) electrons. The number of sulfonamides is 1. The van der Waals surface area contributed by atoms with Crippen molar-refractivity contribution < 1.29 is 21.6 Å². The van der Waals surface area contributed by atoms with Gasteiger partial charge in [0.2, 0.25) is 0 Å². The molecule has 0 spiro atoms. The Morgan fingerprint density at radius 3 is 2.11 bits per heavy atom. The second-order valence-electron chi connectivity index (χ2n) is 7.86. The molecule has 0 bridgehead atoms. The van der Waals surface area contributed by atoms with Crippen molar-refractivity contribution >= 4 is 38.9 Å². The van der Waals surface area contributed by atoms with E-state index in [9.17, 15) is 21.6 Å². The van der Waals surface area contributed by atoms with Crippen molar-refractivity contribution in [1.82, 2.24) is 15.0 Å². The van der Waals surface area contributed by atoms with Crippen LogP contribution >= 0.6 is 0 Å². The van der Waals surface area contributed by atoms with Gasteiger partial charge in [-0.05, 0) is 74.0 Å². The second-order valence-corrected chi connectivity index (χ2v) is 9.54. The van der Waals surface area contributed by atoms with Gasteiger partial charge in [-0.1, -0.05) is 6.07 Å². The first kappa shape index (κ1) is 24.9. The fraction of sp³-hybridized carbons (Fsp3) is 0.125. The molecule has 0 aliphatic rings. The van der Waals surface area contributed by atoms with Gasteiger partial charge in [0.15, 0.2) is 0 Å². The van der Waals surface area contributed by atoms with Gasteiger partial charge in [0.05, 0.1) is 10.5 Å². The molecule has 0 fully saturated rings. The SMILES string of the molecule is Cc1ccnc(Nc2cc(Nc3ccc(NS(=O)(=O)c4cccc(C(F)(F)F)c4)cc3)nc(C)n2)c1. The molecule has 4 rings (SSSR count). The number of anilines is 5. The first-order valence-corrected chi connectivity index (χ1v) is 12.1. The van der Waals surface area contributed by atoms with Crippen molar-refractivity contribution in [2.75, 3.05) is 15.4 Å². The summed E-state index contributed by atoms with van der Waals surface area (Å²) in [5.74, 6) is 2.18. The van der Waals surface area contributed by atoms with Gasteiger partial charge in [-0.3, -0.25) is 4.72 Å². The number of alkyl halides is 3. The smallest absolute Gasteiger partial charge is 0.340 e. The van der Waals surface area contributed by atoms with Gasteiger partial charge in [-0.2, -0.15) is 13.2 Å². The fourth-order valence-electron chi connectivity index (χ4n) is 3.25. The third-order valence-electron chi connectivity index (χ3n) is 4.89. The molecule has 36 heavy (non-hydrogen) atoms. The zero-order valence-corrected chi connectivity index (χ0v) is 19.9. The molecule has 186 valence electrons. The lowest BCUT2D eigenvalue weighted by Crippen LogP contribution is -2.14. The van der Waals surface area contributed by atoms with Gasteiger partial charge in [0.1, 0.15) is 23.3 Å². The number of halogens is 3. The molecule has 2 aromatic carbocycles. The monoisotopic (exact) mass is 514 g/mol. The number of rotatable bonds is 7. The predicted molar refractivity (Wildman–Crippen MR) is 131 cm³/mol. The molecule has 12 heteroatoms. The first-order valence-electron chi connectivity index (χ1n) is 10.6. The Morgan fingerprint density at radius 2 is 1.44 bits per heavy atom. The molecule has 0 atom stereocenters. The van der Waals surface area contributed by atoms with Crippen LogP contribution in [0.3, 0.4) is 0 Å². The van der Waals surface area contributed by atoms with Crippen LogP contribution in [0.2, 0.25) is 0 Å². The molecule has 0 aliphatic heterocycles. The quantitative estimate of drug-likeness (QED) is 0.286. The highest BCUT2D eigenvalue weighted by atomic mass is 32.2. The van der Waals surface area contributed by atoms with E-state index < -0.39 is 26.7 Å². The molecule has 0 unspecified atom stereocenters. The highest BCUT2D eigenvalue weighted by molar-refractivity contribution is 7.92. The molecule has 0 aliphatic carbocycles. The summed E-state index contributed by atoms with van der Waals surface area (Å²) in [5.41, 5.74) is 0.789. The number of hydrogen-bond donors (Lipinski definition) is 3. The van der Waals surface area contributed by atoms with Gasteiger partial charge in [-0.15, -0.1) is 0 Å². The molecule has 4 aromatic rings. The van der Waals surface area contributed by atoms with E-state index in [2.05, 4.69) is 30.3 Å². The van der Waals surface area contributed by atoms with E-state index in [4.69, 9.17) is 0 Å². The van der Waals surface area contributed by atoms with Crippen molar-refractivity contribution in [2.45, 2.75) is 24.9 Å². The molecular weight excluding hydrogens is 493 g/mol. The maximum atomic E-state index is 12.9. The summed E-state index contributed by atoms with van der Waals surface area (Å²) in [7, 11) is -4.22. The second kappa shape index (κ2) is 9.82. The lowest BCUT2D eigenvalue weighted by molar-refractivity contribution is -0.137. The number of aryl methyl sites for hydroxylation is 2. The lowest BCUT2D eigenvalue weighted by Gasteiger charge is -2.12. The summed E-state index contributed by atoms with van der Waals surface area (Å²) < 4.78 is 66.3. The molecule has 8 nitrogen and oxygen atoms in total. The number of hydrogen-bond acceptors (Lipinski definition) is 7. The molecule has 0 saturated carbocycles. The number of aromatic nitrogens is 3. The van der Waals surface area contributed by atoms with E-state index in [-0.39, 0.29) is 5.69 Å². The summed E-state index contributed by atoms with van der Waals surface area (Å²) >= 11 is 0. The highest BCUT2D eigenvalue weighted by Gasteiger charge is 2.31. The molecule has 0 saturated heterocycles. The molecular formula is C24H21F3N6O2S. The molecule has 2 aromatic heterocycles. The van der Waals surface area contributed by atoms with Crippen LogP contribution in [-0.4, -0.2) is 23.4 Å². The third-order valence-corrected chi connectivity index (χ3v) is 6.27. The van der Waals surface area contributed by atoms with Gasteiger partial charge in [0, 0.05) is 23.6 Å². The standard InChI is InChI=1S/C24H21F3N6O2S/c1-15-10-11-28-21(12-15)32-23-14-22(29-16(2)30-23)31-18-6-8-19(9-7-18)33-36(34,35)20-5-3-4-17(13-20)24(25,26)27/h3-14,33H,1-2H3,(H2,28,29,30,31,32). The minimum absolute atomic E-state index is 0.185. The number of nitrogens with one attached hydrogen (secondary N) is 3. The highest BCUT2D eigenvalue weighted by Crippen LogP contribution is 2.31. The summed E-state index contributed by atoms with van der Waals surface area (Å²) in [6, 6.07) is 15.2. The van der Waals surface area contributed by atoms with Crippen LogP contribution in [0.15, 0.2) is 77.8 Å². The largest absolute Gasteiger partial charge is 0.416 e. The summed E-state index contributed by atoms with van der Waals surface area (Å²) in [5, 5.41) is 6.24. The van der Waals surface area contributed by atoms with Crippen LogP contribution < -0.4 is 15.4 Å². The fourth-order valence-corrected chi connectivity index (χ4v) is 4.36. The Kier molecular flexibility index (Phi) is 6.80. The van der Waals surface area contributed by atoms with Gasteiger partial charge >= 0.3 is 6.18 Å². The zero-order valence-electron chi connectivity index (χ0n) is 19.1. The zero-order chi connectivity index (χ0) is 25.9. The maximum Gasteiger partial charge on any atom is 0.416 e. The van der Waals surface area contributed by atoms with Crippen molar-refractivity contribution in [3.63, 3.8) is 0 Å². The summed E-state index contributed by atoms with van der Waals surface area (Å²) in [6.07, 6.45) is -2.96. The summed E-state index contributed by atoms with van der Waals surface area (Å²) in [6.45, 7) is 3.69. The number of benzene rings is 2. The molecule has 0 amide bonds. The number of pyridine rings is 1.